The predicted octanol–water partition coefficient (Wildman–Crippen LogP) is 5.21. The zero-order valence-corrected chi connectivity index (χ0v) is 18.6. The fourth-order valence-corrected chi connectivity index (χ4v) is 3.98. The van der Waals surface area contributed by atoms with Gasteiger partial charge in [0.25, 0.3) is 0 Å². The molecule has 2 heterocycles. The SMILES string of the molecule is C\C=C/C=C(\C=C/C)c1cccc(CC(=O)N2CCC(c3cn(C)c(C)n3)CC2)c1. The number of benzene rings is 1. The van der Waals surface area contributed by atoms with Crippen LogP contribution in [0.3, 0.4) is 0 Å². The molecule has 0 unspecified atom stereocenters. The van der Waals surface area contributed by atoms with Crippen molar-refractivity contribution < 1.29 is 4.79 Å². The summed E-state index contributed by atoms with van der Waals surface area (Å²) in [5, 5.41) is 0. The van der Waals surface area contributed by atoms with Crippen molar-refractivity contribution in [1.82, 2.24) is 14.5 Å². The van der Waals surface area contributed by atoms with E-state index in [0.29, 0.717) is 12.3 Å². The lowest BCUT2D eigenvalue weighted by molar-refractivity contribution is -0.131. The van der Waals surface area contributed by atoms with E-state index >= 15 is 0 Å². The number of nitrogens with zero attached hydrogens (tertiary/aromatic N) is 3. The number of hydrogen-bond acceptors (Lipinski definition) is 2. The van der Waals surface area contributed by atoms with E-state index in [1.54, 1.807) is 0 Å². The molecule has 4 nitrogen and oxygen atoms in total. The van der Waals surface area contributed by atoms with E-state index in [0.717, 1.165) is 48.5 Å². The molecule has 0 spiro atoms. The van der Waals surface area contributed by atoms with E-state index in [2.05, 4.69) is 40.0 Å². The van der Waals surface area contributed by atoms with Gasteiger partial charge in [0.05, 0.1) is 12.1 Å². The summed E-state index contributed by atoms with van der Waals surface area (Å²) < 4.78 is 2.08. The fraction of sp³-hybridized carbons (Fsp3) is 0.385. The Balaban J connectivity index is 1.62. The highest BCUT2D eigenvalue weighted by molar-refractivity contribution is 5.80. The van der Waals surface area contributed by atoms with Gasteiger partial charge in [-0.2, -0.15) is 0 Å². The van der Waals surface area contributed by atoms with Crippen LogP contribution in [0.1, 0.15) is 55.3 Å². The van der Waals surface area contributed by atoms with Crippen molar-refractivity contribution in [2.24, 2.45) is 7.05 Å². The molecule has 0 aliphatic carbocycles. The summed E-state index contributed by atoms with van der Waals surface area (Å²) >= 11 is 0. The third-order valence-electron chi connectivity index (χ3n) is 5.82. The van der Waals surface area contributed by atoms with Crippen molar-refractivity contribution >= 4 is 11.5 Å². The summed E-state index contributed by atoms with van der Waals surface area (Å²) in [4.78, 5) is 19.6. The Morgan fingerprint density at radius 3 is 2.60 bits per heavy atom. The number of allylic oxidation sites excluding steroid dienone is 6. The molecular weight excluding hydrogens is 370 g/mol. The Kier molecular flexibility index (Phi) is 7.45. The monoisotopic (exact) mass is 403 g/mol. The maximum Gasteiger partial charge on any atom is 0.226 e. The topological polar surface area (TPSA) is 38.1 Å². The second-order valence-corrected chi connectivity index (χ2v) is 8.00. The molecule has 0 N–H and O–H groups in total. The molecule has 1 aromatic carbocycles. The van der Waals surface area contributed by atoms with Crippen LogP contribution >= 0.6 is 0 Å². The molecule has 1 aliphatic rings. The molecule has 3 rings (SSSR count). The average Bonchev–Trinajstić information content (AvgIpc) is 3.10. The van der Waals surface area contributed by atoms with Gasteiger partial charge in [-0.15, -0.1) is 0 Å². The predicted molar refractivity (Wildman–Crippen MR) is 124 cm³/mol. The van der Waals surface area contributed by atoms with Gasteiger partial charge >= 0.3 is 0 Å². The number of aryl methyl sites for hydroxylation is 2. The third kappa shape index (κ3) is 5.38. The van der Waals surface area contributed by atoms with Crippen LogP contribution in [-0.4, -0.2) is 33.4 Å². The van der Waals surface area contributed by atoms with Gasteiger partial charge < -0.3 is 9.47 Å². The Labute approximate surface area is 180 Å². The van der Waals surface area contributed by atoms with Crippen molar-refractivity contribution in [1.29, 1.82) is 0 Å². The number of aromatic nitrogens is 2. The first kappa shape index (κ1) is 21.8. The minimum atomic E-state index is 0.216. The molecule has 0 radical (unpaired) electrons. The molecule has 1 fully saturated rings. The highest BCUT2D eigenvalue weighted by Gasteiger charge is 2.25. The fourth-order valence-electron chi connectivity index (χ4n) is 3.98. The summed E-state index contributed by atoms with van der Waals surface area (Å²) in [6, 6.07) is 8.33. The smallest absolute Gasteiger partial charge is 0.226 e. The number of imidazole rings is 1. The molecule has 0 bridgehead atoms. The maximum atomic E-state index is 12.9. The van der Waals surface area contributed by atoms with Crippen LogP contribution in [0.15, 0.2) is 60.8 Å². The van der Waals surface area contributed by atoms with Crippen LogP contribution in [-0.2, 0) is 18.3 Å². The van der Waals surface area contributed by atoms with E-state index in [4.69, 9.17) is 0 Å². The van der Waals surface area contributed by atoms with Crippen molar-refractivity contribution in [2.45, 2.75) is 46.0 Å². The molecule has 4 heteroatoms. The van der Waals surface area contributed by atoms with Gasteiger partial charge in [0.2, 0.25) is 5.91 Å². The van der Waals surface area contributed by atoms with Crippen molar-refractivity contribution in [3.8, 4) is 0 Å². The lowest BCUT2D eigenvalue weighted by Crippen LogP contribution is -2.38. The highest BCUT2D eigenvalue weighted by atomic mass is 16.2. The summed E-state index contributed by atoms with van der Waals surface area (Å²) in [7, 11) is 2.04. The molecule has 2 aromatic rings. The highest BCUT2D eigenvalue weighted by Crippen LogP contribution is 2.27. The van der Waals surface area contributed by atoms with Crippen LogP contribution in [0.4, 0.5) is 0 Å². The Hall–Kier alpha value is -2.88. The maximum absolute atomic E-state index is 12.9. The zero-order chi connectivity index (χ0) is 21.5. The molecule has 0 atom stereocenters. The number of carbonyl (C=O) groups is 1. The van der Waals surface area contributed by atoms with Crippen molar-refractivity contribution in [2.75, 3.05) is 13.1 Å². The Morgan fingerprint density at radius 1 is 1.20 bits per heavy atom. The first-order chi connectivity index (χ1) is 14.5. The second-order valence-electron chi connectivity index (χ2n) is 8.00. The number of piperidine rings is 1. The van der Waals surface area contributed by atoms with E-state index in [1.807, 2.05) is 63.1 Å². The van der Waals surface area contributed by atoms with Gasteiger partial charge in [-0.1, -0.05) is 54.6 Å². The Bertz CT molecular complexity index is 937. The molecule has 1 saturated heterocycles. The van der Waals surface area contributed by atoms with E-state index in [9.17, 15) is 4.79 Å². The molecule has 1 aromatic heterocycles. The molecule has 158 valence electrons. The van der Waals surface area contributed by atoms with Crippen LogP contribution < -0.4 is 0 Å². The zero-order valence-electron chi connectivity index (χ0n) is 18.6. The lowest BCUT2D eigenvalue weighted by atomic mass is 9.93. The van der Waals surface area contributed by atoms with E-state index < -0.39 is 0 Å². The van der Waals surface area contributed by atoms with Crippen LogP contribution in [0.2, 0.25) is 0 Å². The lowest BCUT2D eigenvalue weighted by Gasteiger charge is -2.31. The van der Waals surface area contributed by atoms with Gasteiger partial charge in [0.1, 0.15) is 5.82 Å². The standard InChI is InChI=1S/C26H33N3O/c1-5-7-11-22(9-6-2)24-12-8-10-21(17-24)18-26(30)29-15-13-23(14-16-29)25-19-28(4)20(3)27-25/h5-12,17,19,23H,13-16,18H2,1-4H3/b7-5-,9-6-,22-11+. The minimum Gasteiger partial charge on any atom is -0.342 e. The van der Waals surface area contributed by atoms with Crippen LogP contribution in [0.5, 0.6) is 0 Å². The van der Waals surface area contributed by atoms with E-state index in [-0.39, 0.29) is 5.91 Å². The largest absolute Gasteiger partial charge is 0.342 e. The average molecular weight is 404 g/mol. The number of likely N-dealkylation sites (tertiary alicyclic amines) is 1. The van der Waals surface area contributed by atoms with Crippen LogP contribution in [0, 0.1) is 6.92 Å². The van der Waals surface area contributed by atoms with Gasteiger partial charge in [0.15, 0.2) is 0 Å². The Morgan fingerprint density at radius 2 is 1.97 bits per heavy atom. The van der Waals surface area contributed by atoms with Gasteiger partial charge in [0, 0.05) is 32.3 Å². The summed E-state index contributed by atoms with van der Waals surface area (Å²) in [6.07, 6.45) is 14.9. The quantitative estimate of drug-likeness (QED) is 0.621. The summed E-state index contributed by atoms with van der Waals surface area (Å²) in [6.45, 7) is 7.68. The van der Waals surface area contributed by atoms with Gasteiger partial charge in [-0.25, -0.2) is 4.98 Å². The van der Waals surface area contributed by atoms with Crippen molar-refractivity contribution in [3.63, 3.8) is 0 Å². The molecule has 30 heavy (non-hydrogen) atoms. The number of rotatable bonds is 6. The third-order valence-corrected chi connectivity index (χ3v) is 5.82. The summed E-state index contributed by atoms with van der Waals surface area (Å²) in [5.74, 6) is 1.72. The first-order valence-electron chi connectivity index (χ1n) is 10.8. The molecule has 1 amide bonds. The van der Waals surface area contributed by atoms with Gasteiger partial charge in [-0.3, -0.25) is 4.79 Å². The summed E-state index contributed by atoms with van der Waals surface area (Å²) in [5.41, 5.74) is 4.52. The normalized spacial score (nSPS) is 16.1. The number of amides is 1. The molecule has 0 saturated carbocycles. The second kappa shape index (κ2) is 10.2. The minimum absolute atomic E-state index is 0.216. The van der Waals surface area contributed by atoms with E-state index in [1.165, 1.54) is 5.69 Å². The van der Waals surface area contributed by atoms with Crippen LogP contribution in [0.25, 0.3) is 5.57 Å². The van der Waals surface area contributed by atoms with Crippen molar-refractivity contribution in [3.05, 3.63) is 83.5 Å². The van der Waals surface area contributed by atoms with Gasteiger partial charge in [-0.05, 0) is 50.3 Å². The number of carbonyl (C=O) groups excluding carboxylic acids is 1. The molecule has 1 aliphatic heterocycles. The first-order valence-corrected chi connectivity index (χ1v) is 10.8. The molecular formula is C26H33N3O. The number of hydrogen-bond donors (Lipinski definition) is 0.